The molecule has 0 aromatic carbocycles. The molecule has 3 aliphatic rings. The van der Waals surface area contributed by atoms with Crippen LogP contribution in [0, 0.1) is 5.92 Å². The van der Waals surface area contributed by atoms with Gasteiger partial charge in [-0.25, -0.2) is 9.98 Å². The van der Waals surface area contributed by atoms with Gasteiger partial charge in [0.05, 0.1) is 18.8 Å². The first kappa shape index (κ1) is 21.8. The number of thiazole rings is 1. The molecule has 2 aromatic heterocycles. The lowest BCUT2D eigenvalue weighted by Gasteiger charge is -2.44. The van der Waals surface area contributed by atoms with Crippen LogP contribution < -0.4 is 11.1 Å². The van der Waals surface area contributed by atoms with Gasteiger partial charge in [-0.05, 0) is 32.3 Å². The highest BCUT2D eigenvalue weighted by Crippen LogP contribution is 2.47. The number of nitrogens with zero attached hydrogens (tertiary/aromatic N) is 4. The molecule has 0 spiro atoms. The molecule has 4 N–H and O–H groups in total. The summed E-state index contributed by atoms with van der Waals surface area (Å²) in [6.45, 7) is 2.31. The molecule has 1 saturated carbocycles. The largest absolute Gasteiger partial charge is 0.483 e. The van der Waals surface area contributed by atoms with Gasteiger partial charge in [0.25, 0.3) is 12.4 Å². The zero-order valence-corrected chi connectivity index (χ0v) is 18.6. The van der Waals surface area contributed by atoms with Crippen molar-refractivity contribution in [3.63, 3.8) is 0 Å². The number of amidine groups is 1. The third-order valence-corrected chi connectivity index (χ3v) is 7.50. The molecule has 0 radical (unpaired) electrons. The summed E-state index contributed by atoms with van der Waals surface area (Å²) in [7, 11) is 0. The Morgan fingerprint density at radius 3 is 3.00 bits per heavy atom. The standard InChI is InChI=1S/C18H22N6O2S2.CH2O2/c1-10-6-11-7-28-17(19)23-18(11,9-26-10)16-22-14(8-27-16)21-15(25)13-4-5-20-24(13)12-2-3-12;2-1-3/h4-5,8,10-12H,2-3,6-7,9H2,1H3,(H2,19,23)(H,21,25);1H,(H,2,3)/t10-,11-,18-;/m0./s1. The molecule has 31 heavy (non-hydrogen) atoms. The molecule has 2 aliphatic heterocycles. The van der Waals surface area contributed by atoms with E-state index in [0.717, 1.165) is 30.0 Å². The van der Waals surface area contributed by atoms with Crippen molar-refractivity contribution < 1.29 is 19.4 Å². The maximum atomic E-state index is 12.7. The first-order valence-electron chi connectivity index (χ1n) is 9.95. The van der Waals surface area contributed by atoms with Crippen molar-refractivity contribution in [2.24, 2.45) is 16.6 Å². The van der Waals surface area contributed by atoms with Gasteiger partial charge in [0.15, 0.2) is 5.17 Å². The van der Waals surface area contributed by atoms with Crippen LogP contribution in [0.15, 0.2) is 22.6 Å². The van der Waals surface area contributed by atoms with Crippen LogP contribution in [-0.2, 0) is 15.1 Å². The summed E-state index contributed by atoms with van der Waals surface area (Å²) in [6, 6.07) is 2.09. The highest BCUT2D eigenvalue weighted by Gasteiger charge is 2.49. The van der Waals surface area contributed by atoms with Crippen LogP contribution in [0.2, 0.25) is 0 Å². The van der Waals surface area contributed by atoms with Gasteiger partial charge >= 0.3 is 0 Å². The smallest absolute Gasteiger partial charge is 0.290 e. The van der Waals surface area contributed by atoms with E-state index in [1.54, 1.807) is 28.7 Å². The summed E-state index contributed by atoms with van der Waals surface area (Å²) in [5.41, 5.74) is 6.07. The first-order chi connectivity index (χ1) is 15.0. The maximum Gasteiger partial charge on any atom is 0.290 e. The predicted octanol–water partition coefficient (Wildman–Crippen LogP) is 2.31. The molecular formula is C19H24N6O4S2. The number of hydrogen-bond acceptors (Lipinski definition) is 9. The Labute approximate surface area is 187 Å². The van der Waals surface area contributed by atoms with Crippen LogP contribution in [0.25, 0.3) is 0 Å². The Morgan fingerprint density at radius 1 is 1.48 bits per heavy atom. The highest BCUT2D eigenvalue weighted by atomic mass is 32.2. The molecule has 0 unspecified atom stereocenters. The van der Waals surface area contributed by atoms with Crippen LogP contribution in [-0.4, -0.2) is 55.9 Å². The predicted molar refractivity (Wildman–Crippen MR) is 119 cm³/mol. The van der Waals surface area contributed by atoms with Crippen LogP contribution in [0.5, 0.6) is 0 Å². The summed E-state index contributed by atoms with van der Waals surface area (Å²) in [5, 5.41) is 17.4. The number of carboxylic acid groups (broad SMARTS) is 1. The van der Waals surface area contributed by atoms with Gasteiger partial charge < -0.3 is 20.9 Å². The maximum absolute atomic E-state index is 12.7. The summed E-state index contributed by atoms with van der Waals surface area (Å²) in [4.78, 5) is 30.6. The van der Waals surface area contributed by atoms with Crippen molar-refractivity contribution in [3.05, 3.63) is 28.3 Å². The Hall–Kier alpha value is -2.44. The molecule has 12 heteroatoms. The van der Waals surface area contributed by atoms with Gasteiger partial charge in [-0.1, -0.05) is 11.8 Å². The van der Waals surface area contributed by atoms with E-state index in [4.69, 9.17) is 30.3 Å². The minimum absolute atomic E-state index is 0.189. The lowest BCUT2D eigenvalue weighted by atomic mass is 9.80. The lowest BCUT2D eigenvalue weighted by Crippen LogP contribution is -2.49. The highest BCUT2D eigenvalue weighted by molar-refractivity contribution is 8.13. The Balaban J connectivity index is 0.000000730. The number of hydrogen-bond donors (Lipinski definition) is 3. The first-order valence-corrected chi connectivity index (χ1v) is 11.8. The monoisotopic (exact) mass is 464 g/mol. The summed E-state index contributed by atoms with van der Waals surface area (Å²) in [5.74, 6) is 1.57. The molecule has 1 aliphatic carbocycles. The fourth-order valence-electron chi connectivity index (χ4n) is 3.89. The summed E-state index contributed by atoms with van der Waals surface area (Å²) >= 11 is 3.09. The fraction of sp³-hybridized carbons (Fsp3) is 0.526. The topological polar surface area (TPSA) is 145 Å². The number of anilines is 1. The molecule has 4 heterocycles. The number of aromatic nitrogens is 3. The molecule has 3 atom stereocenters. The van der Waals surface area contributed by atoms with Crippen LogP contribution >= 0.6 is 23.1 Å². The minimum Gasteiger partial charge on any atom is -0.483 e. The average molecular weight is 465 g/mol. The Morgan fingerprint density at radius 2 is 2.26 bits per heavy atom. The number of aliphatic imine (C=N–C) groups is 1. The third kappa shape index (κ3) is 4.46. The Kier molecular flexibility index (Phi) is 6.30. The zero-order chi connectivity index (χ0) is 22.0. The number of amides is 1. The molecule has 1 amide bonds. The quantitative estimate of drug-likeness (QED) is 0.585. The van der Waals surface area contributed by atoms with E-state index in [2.05, 4.69) is 17.3 Å². The number of nitrogens with one attached hydrogen (secondary N) is 1. The van der Waals surface area contributed by atoms with Gasteiger partial charge in [-0.2, -0.15) is 5.10 Å². The molecule has 166 valence electrons. The van der Waals surface area contributed by atoms with E-state index in [9.17, 15) is 4.79 Å². The molecule has 5 rings (SSSR count). The number of thioether (sulfide) groups is 1. The van der Waals surface area contributed by atoms with E-state index < -0.39 is 5.54 Å². The number of carbonyl (C=O) groups excluding carboxylic acids is 1. The van der Waals surface area contributed by atoms with Gasteiger partial charge in [0.1, 0.15) is 22.1 Å². The molecule has 0 bridgehead atoms. The van der Waals surface area contributed by atoms with Gasteiger partial charge in [0, 0.05) is 23.2 Å². The second-order valence-electron chi connectivity index (χ2n) is 7.73. The van der Waals surface area contributed by atoms with E-state index in [0.29, 0.717) is 35.2 Å². The molecule has 1 saturated heterocycles. The van der Waals surface area contributed by atoms with E-state index in [1.807, 2.05) is 5.38 Å². The second-order valence-corrected chi connectivity index (χ2v) is 9.63. The lowest BCUT2D eigenvalue weighted by molar-refractivity contribution is -0.122. The van der Waals surface area contributed by atoms with Gasteiger partial charge in [0.2, 0.25) is 0 Å². The van der Waals surface area contributed by atoms with Crippen molar-refractivity contribution >= 4 is 46.5 Å². The summed E-state index contributed by atoms with van der Waals surface area (Å²) < 4.78 is 7.75. The number of ether oxygens (including phenoxy) is 1. The van der Waals surface area contributed by atoms with Crippen molar-refractivity contribution in [3.8, 4) is 0 Å². The Bertz CT molecular complexity index is 988. The van der Waals surface area contributed by atoms with Crippen LogP contribution in [0.1, 0.15) is 47.7 Å². The molecule has 10 nitrogen and oxygen atoms in total. The average Bonchev–Trinajstić information content (AvgIpc) is 3.27. The van der Waals surface area contributed by atoms with Crippen molar-refractivity contribution in [1.82, 2.24) is 14.8 Å². The zero-order valence-electron chi connectivity index (χ0n) is 16.9. The fourth-order valence-corrected chi connectivity index (χ4v) is 5.87. The molecule has 2 fully saturated rings. The van der Waals surface area contributed by atoms with E-state index in [-0.39, 0.29) is 18.5 Å². The van der Waals surface area contributed by atoms with Crippen LogP contribution in [0.4, 0.5) is 5.82 Å². The summed E-state index contributed by atoms with van der Waals surface area (Å²) in [6.07, 6.45) is 4.94. The molecule has 2 aromatic rings. The second kappa shape index (κ2) is 8.97. The van der Waals surface area contributed by atoms with Gasteiger partial charge in [-0.15, -0.1) is 11.3 Å². The number of carbonyl (C=O) groups is 2. The van der Waals surface area contributed by atoms with Crippen molar-refractivity contribution in [2.75, 3.05) is 17.7 Å². The number of rotatable bonds is 4. The van der Waals surface area contributed by atoms with Gasteiger partial charge in [-0.3, -0.25) is 14.3 Å². The number of fused-ring (bicyclic) bond motifs is 1. The van der Waals surface area contributed by atoms with Crippen molar-refractivity contribution in [2.45, 2.75) is 43.9 Å². The number of nitrogens with two attached hydrogens (primary N) is 1. The normalized spacial score (nSPS) is 27.3. The third-order valence-electron chi connectivity index (χ3n) is 5.53. The van der Waals surface area contributed by atoms with E-state index in [1.165, 1.54) is 11.3 Å². The van der Waals surface area contributed by atoms with E-state index >= 15 is 0 Å². The van der Waals surface area contributed by atoms with Crippen molar-refractivity contribution in [1.29, 1.82) is 0 Å². The minimum atomic E-state index is -0.550. The van der Waals surface area contributed by atoms with Crippen LogP contribution in [0.3, 0.4) is 0 Å². The SMILES string of the molecule is C[C@H]1C[C@H]2CSC(N)=N[C@@]2(c2nc(NC(=O)c3ccnn3C3CC3)cs2)CO1.O=CO. The molecular weight excluding hydrogens is 440 g/mol.